The molecule has 0 spiro atoms. The molecule has 0 fully saturated rings. The lowest BCUT2D eigenvalue weighted by Crippen LogP contribution is -2.12. The number of allylic oxidation sites excluding steroid dienone is 1. The number of hydrogen-bond donors (Lipinski definition) is 0. The zero-order valence-electron chi connectivity index (χ0n) is 8.56. The fourth-order valence-electron chi connectivity index (χ4n) is 1.64. The average Bonchev–Trinajstić information content (AvgIpc) is 2.46. The van der Waals surface area contributed by atoms with E-state index in [-0.39, 0.29) is 11.9 Å². The van der Waals surface area contributed by atoms with E-state index in [0.717, 1.165) is 18.6 Å². The Morgan fingerprint density at radius 2 is 2.00 bits per heavy atom. The van der Waals surface area contributed by atoms with Crippen molar-refractivity contribution in [3.05, 3.63) is 42.5 Å². The molecule has 0 bridgehead atoms. The second-order valence-corrected chi connectivity index (χ2v) is 3.69. The normalized spacial score (nSPS) is 21.1. The molecule has 2 nitrogen and oxygen atoms in total. The summed E-state index contributed by atoms with van der Waals surface area (Å²) in [6.07, 6.45) is 6.01. The van der Waals surface area contributed by atoms with Crippen molar-refractivity contribution in [2.45, 2.75) is 25.4 Å². The summed E-state index contributed by atoms with van der Waals surface area (Å²) < 4.78 is 5.74. The van der Waals surface area contributed by atoms with Crippen LogP contribution >= 0.6 is 0 Å². The van der Waals surface area contributed by atoms with Crippen LogP contribution in [0.25, 0.3) is 0 Å². The number of ether oxygens (including phenoxy) is 1. The van der Waals surface area contributed by atoms with Gasteiger partial charge in [-0.3, -0.25) is 4.79 Å². The van der Waals surface area contributed by atoms with Crippen molar-refractivity contribution in [3.63, 3.8) is 0 Å². The molecule has 0 heterocycles. The average molecular weight is 202 g/mol. The van der Waals surface area contributed by atoms with E-state index in [9.17, 15) is 4.79 Å². The van der Waals surface area contributed by atoms with E-state index in [1.54, 1.807) is 6.08 Å². The van der Waals surface area contributed by atoms with E-state index in [1.807, 2.05) is 36.4 Å². The number of carbonyl (C=O) groups is 1. The third-order valence-corrected chi connectivity index (χ3v) is 2.44. The van der Waals surface area contributed by atoms with E-state index in [4.69, 9.17) is 4.74 Å². The van der Waals surface area contributed by atoms with Crippen LogP contribution in [0.3, 0.4) is 0 Å². The molecular formula is C13H14O2. The summed E-state index contributed by atoms with van der Waals surface area (Å²) in [5, 5.41) is 0. The number of ketones is 1. The van der Waals surface area contributed by atoms with Crippen molar-refractivity contribution in [2.75, 3.05) is 0 Å². The molecule has 0 saturated heterocycles. The van der Waals surface area contributed by atoms with Gasteiger partial charge in [0.05, 0.1) is 0 Å². The van der Waals surface area contributed by atoms with E-state index in [2.05, 4.69) is 0 Å². The van der Waals surface area contributed by atoms with Gasteiger partial charge >= 0.3 is 0 Å². The maximum Gasteiger partial charge on any atom is 0.155 e. The molecule has 0 aliphatic heterocycles. The van der Waals surface area contributed by atoms with Gasteiger partial charge in [0.25, 0.3) is 0 Å². The quantitative estimate of drug-likeness (QED) is 0.737. The van der Waals surface area contributed by atoms with Gasteiger partial charge in [0.1, 0.15) is 11.9 Å². The molecule has 0 radical (unpaired) electrons. The van der Waals surface area contributed by atoms with Crippen LogP contribution in [0.5, 0.6) is 5.75 Å². The van der Waals surface area contributed by atoms with Crippen molar-refractivity contribution in [1.82, 2.24) is 0 Å². The predicted molar refractivity (Wildman–Crippen MR) is 58.9 cm³/mol. The topological polar surface area (TPSA) is 26.3 Å². The number of carbonyl (C=O) groups excluding carboxylic acids is 1. The summed E-state index contributed by atoms with van der Waals surface area (Å²) in [5.41, 5.74) is 0. The summed E-state index contributed by atoms with van der Waals surface area (Å²) in [5.74, 6) is 1.07. The van der Waals surface area contributed by atoms with E-state index < -0.39 is 0 Å². The molecule has 1 unspecified atom stereocenters. The van der Waals surface area contributed by atoms with Crippen LogP contribution < -0.4 is 4.74 Å². The highest BCUT2D eigenvalue weighted by molar-refractivity contribution is 5.89. The number of benzene rings is 1. The third-order valence-electron chi connectivity index (χ3n) is 2.44. The Labute approximate surface area is 89.6 Å². The molecule has 15 heavy (non-hydrogen) atoms. The summed E-state index contributed by atoms with van der Waals surface area (Å²) in [4.78, 5) is 11.1. The Kier molecular flexibility index (Phi) is 3.18. The Morgan fingerprint density at radius 3 is 2.80 bits per heavy atom. The van der Waals surface area contributed by atoms with Crippen molar-refractivity contribution in [3.8, 4) is 5.75 Å². The molecule has 2 rings (SSSR count). The van der Waals surface area contributed by atoms with Crippen LogP contribution in [0.2, 0.25) is 0 Å². The lowest BCUT2D eigenvalue weighted by molar-refractivity contribution is -0.114. The molecule has 2 heteroatoms. The first-order valence-electron chi connectivity index (χ1n) is 5.27. The maximum atomic E-state index is 11.1. The standard InChI is InChI=1S/C13H14O2/c14-11-5-4-8-13(10-9-11)15-12-6-2-1-3-7-12/h1-3,6-7,9-10,13H,4-5,8H2. The molecule has 1 atom stereocenters. The minimum atomic E-state index is 0.0406. The van der Waals surface area contributed by atoms with Gasteiger partial charge in [-0.05, 0) is 37.1 Å². The Balaban J connectivity index is 2.00. The monoisotopic (exact) mass is 202 g/mol. The van der Waals surface area contributed by atoms with Crippen molar-refractivity contribution >= 4 is 5.78 Å². The molecular weight excluding hydrogens is 188 g/mol. The van der Waals surface area contributed by atoms with Gasteiger partial charge in [-0.25, -0.2) is 0 Å². The van der Waals surface area contributed by atoms with Gasteiger partial charge in [0.2, 0.25) is 0 Å². The highest BCUT2D eigenvalue weighted by atomic mass is 16.5. The van der Waals surface area contributed by atoms with Crippen LogP contribution in [-0.2, 0) is 4.79 Å². The molecule has 0 aromatic heterocycles. The zero-order chi connectivity index (χ0) is 10.5. The highest BCUT2D eigenvalue weighted by Gasteiger charge is 2.11. The number of hydrogen-bond acceptors (Lipinski definition) is 2. The smallest absolute Gasteiger partial charge is 0.155 e. The highest BCUT2D eigenvalue weighted by Crippen LogP contribution is 2.17. The zero-order valence-corrected chi connectivity index (χ0v) is 8.56. The largest absolute Gasteiger partial charge is 0.486 e. The lowest BCUT2D eigenvalue weighted by atomic mass is 10.2. The van der Waals surface area contributed by atoms with Crippen LogP contribution in [0.1, 0.15) is 19.3 Å². The minimum absolute atomic E-state index is 0.0406. The van der Waals surface area contributed by atoms with Crippen LogP contribution in [0.4, 0.5) is 0 Å². The van der Waals surface area contributed by atoms with Crippen molar-refractivity contribution in [1.29, 1.82) is 0 Å². The Morgan fingerprint density at radius 1 is 1.20 bits per heavy atom. The lowest BCUT2D eigenvalue weighted by Gasteiger charge is -2.13. The minimum Gasteiger partial charge on any atom is -0.486 e. The number of rotatable bonds is 2. The number of para-hydroxylation sites is 1. The second kappa shape index (κ2) is 4.78. The molecule has 0 N–H and O–H groups in total. The third kappa shape index (κ3) is 2.94. The summed E-state index contributed by atoms with van der Waals surface area (Å²) in [7, 11) is 0. The molecule has 1 aromatic carbocycles. The fourth-order valence-corrected chi connectivity index (χ4v) is 1.64. The molecule has 0 saturated carbocycles. The van der Waals surface area contributed by atoms with Crippen LogP contribution in [0.15, 0.2) is 42.5 Å². The molecule has 1 aliphatic rings. The van der Waals surface area contributed by atoms with Gasteiger partial charge in [-0.2, -0.15) is 0 Å². The van der Waals surface area contributed by atoms with Gasteiger partial charge in [0, 0.05) is 6.42 Å². The fraction of sp³-hybridized carbons (Fsp3) is 0.308. The molecule has 1 aliphatic carbocycles. The van der Waals surface area contributed by atoms with Gasteiger partial charge in [-0.1, -0.05) is 18.2 Å². The molecule has 0 amide bonds. The van der Waals surface area contributed by atoms with E-state index >= 15 is 0 Å². The van der Waals surface area contributed by atoms with Crippen LogP contribution in [-0.4, -0.2) is 11.9 Å². The first-order valence-corrected chi connectivity index (χ1v) is 5.27. The molecule has 78 valence electrons. The van der Waals surface area contributed by atoms with Gasteiger partial charge in [0.15, 0.2) is 5.78 Å². The first-order chi connectivity index (χ1) is 7.34. The Bertz CT molecular complexity index is 354. The van der Waals surface area contributed by atoms with Crippen molar-refractivity contribution in [2.24, 2.45) is 0 Å². The first kappa shape index (κ1) is 9.97. The predicted octanol–water partition coefficient (Wildman–Crippen LogP) is 2.74. The van der Waals surface area contributed by atoms with Gasteiger partial charge < -0.3 is 4.74 Å². The summed E-state index contributed by atoms with van der Waals surface area (Å²) in [6, 6.07) is 9.71. The SMILES string of the molecule is O=C1C=CC(Oc2ccccc2)CCC1. The second-order valence-electron chi connectivity index (χ2n) is 3.69. The maximum absolute atomic E-state index is 11.1. The van der Waals surface area contributed by atoms with Gasteiger partial charge in [-0.15, -0.1) is 0 Å². The van der Waals surface area contributed by atoms with Crippen molar-refractivity contribution < 1.29 is 9.53 Å². The molecule has 1 aromatic rings. The van der Waals surface area contributed by atoms with E-state index in [0.29, 0.717) is 6.42 Å². The summed E-state index contributed by atoms with van der Waals surface area (Å²) in [6.45, 7) is 0. The summed E-state index contributed by atoms with van der Waals surface area (Å²) >= 11 is 0. The van der Waals surface area contributed by atoms with Crippen LogP contribution in [0, 0.1) is 0 Å². The van der Waals surface area contributed by atoms with E-state index in [1.165, 1.54) is 0 Å². The Hall–Kier alpha value is -1.57.